The van der Waals surface area contributed by atoms with E-state index in [1.165, 1.54) is 0 Å². The van der Waals surface area contributed by atoms with Crippen LogP contribution in [0.2, 0.25) is 0 Å². The fourth-order valence-corrected chi connectivity index (χ4v) is 2.63. The van der Waals surface area contributed by atoms with E-state index < -0.39 is 0 Å². The number of hydrogen-bond acceptors (Lipinski definition) is 4. The van der Waals surface area contributed by atoms with E-state index in [1.54, 1.807) is 32.4 Å². The van der Waals surface area contributed by atoms with Crippen molar-refractivity contribution in [3.63, 3.8) is 0 Å². The van der Waals surface area contributed by atoms with Crippen molar-refractivity contribution >= 4 is 5.91 Å². The SMILES string of the molecule is COc1cccc(C(=O)NCC2CCC(C)NC2)c1OC. The van der Waals surface area contributed by atoms with Gasteiger partial charge in [-0.2, -0.15) is 0 Å². The number of carbonyl (C=O) groups is 1. The van der Waals surface area contributed by atoms with E-state index in [0.717, 1.165) is 19.4 Å². The molecule has 0 radical (unpaired) electrons. The second kappa shape index (κ2) is 7.31. The van der Waals surface area contributed by atoms with Crippen molar-refractivity contribution < 1.29 is 14.3 Å². The van der Waals surface area contributed by atoms with Gasteiger partial charge < -0.3 is 20.1 Å². The number of nitrogens with one attached hydrogen (secondary N) is 2. The van der Waals surface area contributed by atoms with E-state index in [2.05, 4.69) is 17.6 Å². The molecule has 2 unspecified atom stereocenters. The van der Waals surface area contributed by atoms with Crippen molar-refractivity contribution in [1.29, 1.82) is 0 Å². The van der Waals surface area contributed by atoms with Crippen LogP contribution in [0.4, 0.5) is 0 Å². The Kier molecular flexibility index (Phi) is 5.44. The molecular formula is C16H24N2O3. The second-order valence-corrected chi connectivity index (χ2v) is 5.50. The van der Waals surface area contributed by atoms with Gasteiger partial charge in [-0.15, -0.1) is 0 Å². The van der Waals surface area contributed by atoms with E-state index in [0.29, 0.717) is 35.6 Å². The van der Waals surface area contributed by atoms with Crippen LogP contribution < -0.4 is 20.1 Å². The van der Waals surface area contributed by atoms with Gasteiger partial charge in [0.1, 0.15) is 0 Å². The summed E-state index contributed by atoms with van der Waals surface area (Å²) in [5.74, 6) is 1.41. The summed E-state index contributed by atoms with van der Waals surface area (Å²) >= 11 is 0. The lowest BCUT2D eigenvalue weighted by atomic mass is 9.95. The molecular weight excluding hydrogens is 268 g/mol. The van der Waals surface area contributed by atoms with Crippen LogP contribution in [0.3, 0.4) is 0 Å². The van der Waals surface area contributed by atoms with Crippen LogP contribution in [0.25, 0.3) is 0 Å². The zero-order valence-corrected chi connectivity index (χ0v) is 12.9. The Labute approximate surface area is 126 Å². The standard InChI is InChI=1S/C16H24N2O3/c1-11-7-8-12(9-17-11)10-18-16(19)13-5-4-6-14(20-2)15(13)21-3/h4-6,11-12,17H,7-10H2,1-3H3,(H,18,19). The molecule has 2 atom stereocenters. The summed E-state index contributed by atoms with van der Waals surface area (Å²) in [5.41, 5.74) is 0.508. The molecule has 0 bridgehead atoms. The summed E-state index contributed by atoms with van der Waals surface area (Å²) in [6.07, 6.45) is 2.30. The molecule has 2 N–H and O–H groups in total. The number of rotatable bonds is 5. The average Bonchev–Trinajstić information content (AvgIpc) is 2.53. The molecule has 5 nitrogen and oxygen atoms in total. The smallest absolute Gasteiger partial charge is 0.255 e. The highest BCUT2D eigenvalue weighted by Crippen LogP contribution is 2.30. The van der Waals surface area contributed by atoms with Gasteiger partial charge in [-0.25, -0.2) is 0 Å². The van der Waals surface area contributed by atoms with Crippen LogP contribution in [0.1, 0.15) is 30.1 Å². The molecule has 0 saturated carbocycles. The fourth-order valence-electron chi connectivity index (χ4n) is 2.63. The van der Waals surface area contributed by atoms with Gasteiger partial charge in [-0.3, -0.25) is 4.79 Å². The van der Waals surface area contributed by atoms with E-state index in [9.17, 15) is 4.79 Å². The summed E-state index contributed by atoms with van der Waals surface area (Å²) in [7, 11) is 3.11. The molecule has 0 aliphatic carbocycles. The lowest BCUT2D eigenvalue weighted by Gasteiger charge is -2.27. The first-order valence-electron chi connectivity index (χ1n) is 7.38. The normalized spacial score (nSPS) is 21.7. The van der Waals surface area contributed by atoms with Crippen LogP contribution in [0, 0.1) is 5.92 Å². The van der Waals surface area contributed by atoms with Crippen LogP contribution >= 0.6 is 0 Å². The van der Waals surface area contributed by atoms with Gasteiger partial charge in [0.05, 0.1) is 19.8 Å². The number of benzene rings is 1. The predicted molar refractivity (Wildman–Crippen MR) is 82.1 cm³/mol. The van der Waals surface area contributed by atoms with Crippen LogP contribution in [-0.4, -0.2) is 39.3 Å². The molecule has 5 heteroatoms. The molecule has 0 aromatic heterocycles. The topological polar surface area (TPSA) is 59.6 Å². The molecule has 21 heavy (non-hydrogen) atoms. The van der Waals surface area contributed by atoms with Gasteiger partial charge in [0.2, 0.25) is 0 Å². The van der Waals surface area contributed by atoms with Crippen LogP contribution in [0.15, 0.2) is 18.2 Å². The van der Waals surface area contributed by atoms with Gasteiger partial charge in [0, 0.05) is 12.6 Å². The Hall–Kier alpha value is -1.75. The van der Waals surface area contributed by atoms with Gasteiger partial charge in [0.25, 0.3) is 5.91 Å². The highest BCUT2D eigenvalue weighted by molar-refractivity contribution is 5.97. The number of hydrogen-bond donors (Lipinski definition) is 2. The molecule has 1 amide bonds. The molecule has 2 rings (SSSR count). The van der Waals surface area contributed by atoms with Crippen molar-refractivity contribution in [3.05, 3.63) is 23.8 Å². The molecule has 1 fully saturated rings. The second-order valence-electron chi connectivity index (χ2n) is 5.50. The summed E-state index contributed by atoms with van der Waals surface area (Å²) in [5, 5.41) is 6.44. The number of amides is 1. The molecule has 116 valence electrons. The van der Waals surface area contributed by atoms with Gasteiger partial charge >= 0.3 is 0 Å². The fraction of sp³-hybridized carbons (Fsp3) is 0.562. The number of piperidine rings is 1. The third-order valence-corrected chi connectivity index (χ3v) is 3.96. The molecule has 1 aromatic carbocycles. The van der Waals surface area contributed by atoms with Gasteiger partial charge in [0.15, 0.2) is 11.5 Å². The highest BCUT2D eigenvalue weighted by atomic mass is 16.5. The Balaban J connectivity index is 1.97. The van der Waals surface area contributed by atoms with Gasteiger partial charge in [-0.05, 0) is 44.4 Å². The van der Waals surface area contributed by atoms with Crippen molar-refractivity contribution in [2.75, 3.05) is 27.3 Å². The molecule has 1 aromatic rings. The first-order valence-corrected chi connectivity index (χ1v) is 7.38. The zero-order chi connectivity index (χ0) is 15.2. The predicted octanol–water partition coefficient (Wildman–Crippen LogP) is 1.82. The quantitative estimate of drug-likeness (QED) is 0.869. The summed E-state index contributed by atoms with van der Waals surface area (Å²) in [6, 6.07) is 5.90. The van der Waals surface area contributed by atoms with E-state index in [4.69, 9.17) is 9.47 Å². The third-order valence-electron chi connectivity index (χ3n) is 3.96. The molecule has 1 aliphatic heterocycles. The summed E-state index contributed by atoms with van der Waals surface area (Å²) in [4.78, 5) is 12.3. The average molecular weight is 292 g/mol. The van der Waals surface area contributed by atoms with E-state index in [1.807, 2.05) is 0 Å². The monoisotopic (exact) mass is 292 g/mol. The Morgan fingerprint density at radius 3 is 2.76 bits per heavy atom. The molecule has 1 heterocycles. The largest absolute Gasteiger partial charge is 0.493 e. The van der Waals surface area contributed by atoms with Crippen molar-refractivity contribution in [2.45, 2.75) is 25.8 Å². The molecule has 1 saturated heterocycles. The number of carbonyl (C=O) groups excluding carboxylic acids is 1. The number of ether oxygens (including phenoxy) is 2. The third kappa shape index (κ3) is 3.88. The Morgan fingerprint density at radius 2 is 2.14 bits per heavy atom. The number of methoxy groups -OCH3 is 2. The lowest BCUT2D eigenvalue weighted by molar-refractivity contribution is 0.0940. The van der Waals surface area contributed by atoms with E-state index >= 15 is 0 Å². The first-order chi connectivity index (χ1) is 10.2. The molecule has 0 spiro atoms. The van der Waals surface area contributed by atoms with E-state index in [-0.39, 0.29) is 5.91 Å². The first kappa shape index (κ1) is 15.6. The lowest BCUT2D eigenvalue weighted by Crippen LogP contribution is -2.42. The van der Waals surface area contributed by atoms with Crippen molar-refractivity contribution in [2.24, 2.45) is 5.92 Å². The van der Waals surface area contributed by atoms with Gasteiger partial charge in [-0.1, -0.05) is 6.07 Å². The summed E-state index contributed by atoms with van der Waals surface area (Å²) < 4.78 is 10.5. The highest BCUT2D eigenvalue weighted by Gasteiger charge is 2.20. The Bertz CT molecular complexity index is 482. The maximum absolute atomic E-state index is 12.3. The minimum Gasteiger partial charge on any atom is -0.493 e. The minimum absolute atomic E-state index is 0.121. The minimum atomic E-state index is -0.121. The molecule has 1 aliphatic rings. The van der Waals surface area contributed by atoms with Crippen molar-refractivity contribution in [1.82, 2.24) is 10.6 Å². The maximum Gasteiger partial charge on any atom is 0.255 e. The summed E-state index contributed by atoms with van der Waals surface area (Å²) in [6.45, 7) is 3.82. The zero-order valence-electron chi connectivity index (χ0n) is 12.9. The van der Waals surface area contributed by atoms with Crippen molar-refractivity contribution in [3.8, 4) is 11.5 Å². The Morgan fingerprint density at radius 1 is 1.33 bits per heavy atom. The maximum atomic E-state index is 12.3. The number of para-hydroxylation sites is 1. The van der Waals surface area contributed by atoms with Crippen LogP contribution in [0.5, 0.6) is 11.5 Å². The van der Waals surface area contributed by atoms with Crippen LogP contribution in [-0.2, 0) is 0 Å².